The first kappa shape index (κ1) is 18.7. The molecule has 0 unspecified atom stereocenters. The lowest BCUT2D eigenvalue weighted by Crippen LogP contribution is -2.43. The van der Waals surface area contributed by atoms with Crippen LogP contribution in [0.4, 0.5) is 11.8 Å². The van der Waals surface area contributed by atoms with E-state index in [0.29, 0.717) is 6.04 Å². The number of anilines is 2. The van der Waals surface area contributed by atoms with Crippen molar-refractivity contribution in [2.24, 2.45) is 0 Å². The van der Waals surface area contributed by atoms with Crippen LogP contribution in [-0.2, 0) is 11.3 Å². The highest BCUT2D eigenvalue weighted by atomic mass is 32.1. The Morgan fingerprint density at radius 3 is 2.63 bits per heavy atom. The van der Waals surface area contributed by atoms with Gasteiger partial charge in [0.2, 0.25) is 5.95 Å². The van der Waals surface area contributed by atoms with Crippen molar-refractivity contribution in [1.29, 1.82) is 0 Å². The van der Waals surface area contributed by atoms with Gasteiger partial charge in [0.1, 0.15) is 5.82 Å². The highest BCUT2D eigenvalue weighted by Crippen LogP contribution is 2.24. The number of rotatable bonds is 5. The maximum absolute atomic E-state index is 5.44. The lowest BCUT2D eigenvalue weighted by Gasteiger charge is -2.37. The first-order valence-corrected chi connectivity index (χ1v) is 10.7. The SMILES string of the molecule is Cc1ccc(CN2CCC(N(C)c3ccnc(N4CCOCC4)n3)CC2)s1. The summed E-state index contributed by atoms with van der Waals surface area (Å²) >= 11 is 1.92. The van der Waals surface area contributed by atoms with E-state index in [2.05, 4.69) is 45.8 Å². The summed E-state index contributed by atoms with van der Waals surface area (Å²) in [5.41, 5.74) is 0. The van der Waals surface area contributed by atoms with Crippen LogP contribution >= 0.6 is 11.3 Å². The first-order chi connectivity index (χ1) is 13.2. The van der Waals surface area contributed by atoms with Crippen molar-refractivity contribution < 1.29 is 4.74 Å². The number of ether oxygens (including phenoxy) is 1. The predicted octanol–water partition coefficient (Wildman–Crippen LogP) is 2.78. The van der Waals surface area contributed by atoms with E-state index in [1.54, 1.807) is 0 Å². The van der Waals surface area contributed by atoms with Crippen molar-refractivity contribution in [3.63, 3.8) is 0 Å². The van der Waals surface area contributed by atoms with Crippen molar-refractivity contribution in [2.45, 2.75) is 32.4 Å². The van der Waals surface area contributed by atoms with Gasteiger partial charge in [-0.2, -0.15) is 4.98 Å². The minimum atomic E-state index is 0.541. The molecule has 0 saturated carbocycles. The molecular weight excluding hydrogens is 358 g/mol. The Morgan fingerprint density at radius 2 is 1.93 bits per heavy atom. The molecular formula is C20H29N5OS. The maximum Gasteiger partial charge on any atom is 0.227 e. The van der Waals surface area contributed by atoms with Gasteiger partial charge in [-0.1, -0.05) is 0 Å². The van der Waals surface area contributed by atoms with Gasteiger partial charge < -0.3 is 14.5 Å². The van der Waals surface area contributed by atoms with E-state index in [-0.39, 0.29) is 0 Å². The van der Waals surface area contributed by atoms with Gasteiger partial charge in [-0.25, -0.2) is 4.98 Å². The van der Waals surface area contributed by atoms with Crippen molar-refractivity contribution >= 4 is 23.1 Å². The Morgan fingerprint density at radius 1 is 1.15 bits per heavy atom. The van der Waals surface area contributed by atoms with Gasteiger partial charge >= 0.3 is 0 Å². The molecule has 0 aliphatic carbocycles. The molecule has 0 atom stereocenters. The van der Waals surface area contributed by atoms with Crippen LogP contribution in [0.5, 0.6) is 0 Å². The zero-order chi connectivity index (χ0) is 18.6. The molecule has 4 rings (SSSR count). The fourth-order valence-corrected chi connectivity index (χ4v) is 4.83. The Kier molecular flexibility index (Phi) is 5.90. The standard InChI is InChI=1S/C20H29N5OS/c1-16-3-4-18(27-16)15-24-9-6-17(7-10-24)23(2)19-5-8-21-20(22-19)25-11-13-26-14-12-25/h3-5,8,17H,6-7,9-15H2,1-2H3. The Balaban J connectivity index is 1.34. The topological polar surface area (TPSA) is 44.7 Å². The Hall–Kier alpha value is -1.70. The number of likely N-dealkylation sites (tertiary alicyclic amines) is 1. The van der Waals surface area contributed by atoms with E-state index < -0.39 is 0 Å². The maximum atomic E-state index is 5.44. The molecule has 0 bridgehead atoms. The van der Waals surface area contributed by atoms with Crippen molar-refractivity contribution in [3.8, 4) is 0 Å². The van der Waals surface area contributed by atoms with E-state index in [4.69, 9.17) is 9.72 Å². The Bertz CT molecular complexity index is 737. The number of nitrogens with zero attached hydrogens (tertiary/aromatic N) is 5. The van der Waals surface area contributed by atoms with Gasteiger partial charge in [0.05, 0.1) is 13.2 Å². The van der Waals surface area contributed by atoms with Crippen LogP contribution in [-0.4, -0.2) is 67.4 Å². The Labute approximate surface area is 165 Å². The van der Waals surface area contributed by atoms with Crippen molar-refractivity contribution in [2.75, 3.05) is 56.2 Å². The number of thiophene rings is 1. The summed E-state index contributed by atoms with van der Waals surface area (Å²) in [5.74, 6) is 1.85. The van der Waals surface area contributed by atoms with Crippen LogP contribution in [0.2, 0.25) is 0 Å². The highest BCUT2D eigenvalue weighted by Gasteiger charge is 2.24. The summed E-state index contributed by atoms with van der Waals surface area (Å²) in [7, 11) is 2.17. The lowest BCUT2D eigenvalue weighted by atomic mass is 10.0. The third-order valence-corrected chi connectivity index (χ3v) is 6.55. The fraction of sp³-hybridized carbons (Fsp3) is 0.600. The summed E-state index contributed by atoms with van der Waals surface area (Å²) in [6.45, 7) is 8.81. The second-order valence-corrected chi connectivity index (χ2v) is 8.82. The molecule has 2 aliphatic rings. The number of hydrogen-bond donors (Lipinski definition) is 0. The molecule has 27 heavy (non-hydrogen) atoms. The molecule has 0 amide bonds. The monoisotopic (exact) mass is 387 g/mol. The molecule has 2 aromatic rings. The van der Waals surface area contributed by atoms with Crippen molar-refractivity contribution in [1.82, 2.24) is 14.9 Å². The van der Waals surface area contributed by atoms with E-state index in [1.807, 2.05) is 23.6 Å². The molecule has 0 radical (unpaired) electrons. The van der Waals surface area contributed by atoms with Crippen LogP contribution in [0.1, 0.15) is 22.6 Å². The second-order valence-electron chi connectivity index (χ2n) is 7.44. The van der Waals surface area contributed by atoms with Gasteiger partial charge in [0.15, 0.2) is 0 Å². The van der Waals surface area contributed by atoms with E-state index >= 15 is 0 Å². The number of aryl methyl sites for hydroxylation is 1. The van der Waals surface area contributed by atoms with Gasteiger partial charge in [-0.3, -0.25) is 4.90 Å². The molecule has 0 spiro atoms. The van der Waals surface area contributed by atoms with Gasteiger partial charge in [0, 0.05) is 61.8 Å². The minimum Gasteiger partial charge on any atom is -0.378 e. The summed E-state index contributed by atoms with van der Waals surface area (Å²) in [4.78, 5) is 19.3. The predicted molar refractivity (Wildman–Crippen MR) is 111 cm³/mol. The first-order valence-electron chi connectivity index (χ1n) is 9.85. The number of aromatic nitrogens is 2. The van der Waals surface area contributed by atoms with Crippen LogP contribution < -0.4 is 9.80 Å². The van der Waals surface area contributed by atoms with E-state index in [9.17, 15) is 0 Å². The average Bonchev–Trinajstić information content (AvgIpc) is 3.13. The lowest BCUT2D eigenvalue weighted by molar-refractivity contribution is 0.122. The molecule has 4 heterocycles. The summed E-state index contributed by atoms with van der Waals surface area (Å²) < 4.78 is 5.44. The van der Waals surface area contributed by atoms with Crippen LogP contribution in [0.15, 0.2) is 24.4 Å². The van der Waals surface area contributed by atoms with E-state index in [1.165, 1.54) is 22.6 Å². The molecule has 6 nitrogen and oxygen atoms in total. The minimum absolute atomic E-state index is 0.541. The van der Waals surface area contributed by atoms with Gasteiger partial charge in [0.25, 0.3) is 0 Å². The summed E-state index contributed by atoms with van der Waals surface area (Å²) in [6, 6.07) is 7.07. The number of morpholine rings is 1. The molecule has 7 heteroatoms. The number of piperidine rings is 1. The molecule has 0 aromatic carbocycles. The van der Waals surface area contributed by atoms with Crippen LogP contribution in [0, 0.1) is 6.92 Å². The van der Waals surface area contributed by atoms with E-state index in [0.717, 1.165) is 57.7 Å². The summed E-state index contributed by atoms with van der Waals surface area (Å²) in [5, 5.41) is 0. The smallest absolute Gasteiger partial charge is 0.227 e. The largest absolute Gasteiger partial charge is 0.378 e. The third kappa shape index (κ3) is 4.59. The fourth-order valence-electron chi connectivity index (χ4n) is 3.89. The van der Waals surface area contributed by atoms with Gasteiger partial charge in [-0.15, -0.1) is 11.3 Å². The molecule has 2 fully saturated rings. The van der Waals surface area contributed by atoms with Crippen LogP contribution in [0.3, 0.4) is 0 Å². The number of hydrogen-bond acceptors (Lipinski definition) is 7. The molecule has 2 aromatic heterocycles. The zero-order valence-electron chi connectivity index (χ0n) is 16.3. The molecule has 0 N–H and O–H groups in total. The average molecular weight is 388 g/mol. The molecule has 146 valence electrons. The third-order valence-electron chi connectivity index (χ3n) is 5.56. The van der Waals surface area contributed by atoms with Crippen LogP contribution in [0.25, 0.3) is 0 Å². The van der Waals surface area contributed by atoms with Gasteiger partial charge in [-0.05, 0) is 38.0 Å². The van der Waals surface area contributed by atoms with Crippen molar-refractivity contribution in [3.05, 3.63) is 34.2 Å². The quantitative estimate of drug-likeness (QED) is 0.786. The highest BCUT2D eigenvalue weighted by molar-refractivity contribution is 7.11. The zero-order valence-corrected chi connectivity index (χ0v) is 17.1. The summed E-state index contributed by atoms with van der Waals surface area (Å²) in [6.07, 6.45) is 4.24. The normalized spacial score (nSPS) is 19.4. The molecule has 2 saturated heterocycles. The second kappa shape index (κ2) is 8.54. The molecule has 2 aliphatic heterocycles.